The molecule has 1 N–H and O–H groups in total. The summed E-state index contributed by atoms with van der Waals surface area (Å²) in [6.45, 7) is 0. The summed E-state index contributed by atoms with van der Waals surface area (Å²) < 4.78 is 5.10. The van der Waals surface area contributed by atoms with E-state index in [1.54, 1.807) is 0 Å². The van der Waals surface area contributed by atoms with E-state index in [1.807, 2.05) is 42.5 Å². The highest BCUT2D eigenvalue weighted by molar-refractivity contribution is 6.25. The van der Waals surface area contributed by atoms with E-state index in [4.69, 9.17) is 19.4 Å². The van der Waals surface area contributed by atoms with Crippen molar-refractivity contribution >= 4 is 54.3 Å². The van der Waals surface area contributed by atoms with E-state index >= 15 is 0 Å². The van der Waals surface area contributed by atoms with Crippen LogP contribution in [-0.2, 0) is 0 Å². The second-order valence-corrected chi connectivity index (χ2v) is 14.0. The van der Waals surface area contributed by atoms with Gasteiger partial charge in [0.15, 0.2) is 17.5 Å². The summed E-state index contributed by atoms with van der Waals surface area (Å²) in [5, 5.41) is 9.70. The molecule has 0 atom stereocenters. The fourth-order valence-electron chi connectivity index (χ4n) is 8.14. The molecule has 0 aliphatic heterocycles. The van der Waals surface area contributed by atoms with Gasteiger partial charge < -0.3 is 4.42 Å². The van der Waals surface area contributed by atoms with Gasteiger partial charge in [0.05, 0.1) is 10.8 Å². The Labute approximate surface area is 317 Å². The van der Waals surface area contributed by atoms with Gasteiger partial charge in [-0.2, -0.15) is 0 Å². The first-order valence-electron chi connectivity index (χ1n) is 18.6. The summed E-state index contributed by atoms with van der Waals surface area (Å²) in [5.74, 6) is 1.87. The molecular formula is C51H32N3O+. The lowest BCUT2D eigenvalue weighted by Gasteiger charge is -2.12. The molecule has 2 aromatic heterocycles. The van der Waals surface area contributed by atoms with Gasteiger partial charge in [-0.1, -0.05) is 146 Å². The molecule has 0 aliphatic rings. The molecule has 0 saturated heterocycles. The van der Waals surface area contributed by atoms with E-state index in [9.17, 15) is 0 Å². The van der Waals surface area contributed by atoms with Gasteiger partial charge in [-0.05, 0) is 84.9 Å². The molecule has 9 aromatic carbocycles. The second kappa shape index (κ2) is 12.6. The van der Waals surface area contributed by atoms with Crippen molar-refractivity contribution in [2.75, 3.05) is 0 Å². The lowest BCUT2D eigenvalue weighted by atomic mass is 9.92. The van der Waals surface area contributed by atoms with Crippen LogP contribution in [0.3, 0.4) is 0 Å². The first-order chi connectivity index (χ1) is 27.2. The fourth-order valence-corrected chi connectivity index (χ4v) is 8.14. The Balaban J connectivity index is 1.10. The Bertz CT molecular complexity index is 3220. The molecule has 0 amide bonds. The molecule has 4 nitrogen and oxygen atoms in total. The van der Waals surface area contributed by atoms with Crippen LogP contribution >= 0.6 is 0 Å². The zero-order valence-electron chi connectivity index (χ0n) is 29.7. The third-order valence-electron chi connectivity index (χ3n) is 10.8. The number of nitrogens with zero attached hydrogens (tertiary/aromatic N) is 3. The Kier molecular flexibility index (Phi) is 7.14. The fraction of sp³-hybridized carbons (Fsp3) is 0. The molecule has 256 valence electrons. The lowest BCUT2D eigenvalue weighted by molar-refractivity contribution is 0.669. The molecule has 2 heterocycles. The highest BCUT2D eigenvalue weighted by Crippen LogP contribution is 2.41. The molecular weight excluding hydrogens is 671 g/mol. The molecule has 0 radical (unpaired) electrons. The highest BCUT2D eigenvalue weighted by Gasteiger charge is 2.22. The van der Waals surface area contributed by atoms with Crippen molar-refractivity contribution in [1.29, 1.82) is 0 Å². The number of hydrogen-bond donors (Lipinski definition) is 0. The first-order valence-corrected chi connectivity index (χ1v) is 18.6. The zero-order chi connectivity index (χ0) is 36.3. The Hall–Kier alpha value is -7.43. The maximum absolute atomic E-state index is 5.19. The monoisotopic (exact) mass is 702 g/mol. The second-order valence-electron chi connectivity index (χ2n) is 14.0. The van der Waals surface area contributed by atoms with Gasteiger partial charge in [0, 0.05) is 28.8 Å². The van der Waals surface area contributed by atoms with Gasteiger partial charge in [-0.15, -0.1) is 0 Å². The molecule has 4 heteroatoms. The number of aromatic nitrogens is 3. The van der Waals surface area contributed by atoms with Gasteiger partial charge in [0.1, 0.15) is 0 Å². The average molecular weight is 703 g/mol. The van der Waals surface area contributed by atoms with Crippen molar-refractivity contribution in [2.24, 2.45) is 0 Å². The third-order valence-corrected chi connectivity index (χ3v) is 10.8. The third kappa shape index (κ3) is 5.26. The zero-order valence-corrected chi connectivity index (χ0v) is 29.7. The minimum absolute atomic E-state index is 0.614. The van der Waals surface area contributed by atoms with Gasteiger partial charge in [0.2, 0.25) is 0 Å². The number of rotatable bonds is 5. The standard InChI is InChI=1S/C51H31N3O/c1-3-13-32(14-4-1)34-17-11-18-37(29-34)50-52-49(33-15-5-2-6-16-33)53-51(54-50)43-23-12-24-47-48(43)45-31-36(26-28-46(45)55-47)35-25-27-42-40-21-8-7-19-38(40)39-20-9-10-22-41(39)44(42)30-35/h1-31H/p+1. The van der Waals surface area contributed by atoms with E-state index in [1.165, 1.54) is 32.3 Å². The smallest absolute Gasteiger partial charge is 0.269 e. The van der Waals surface area contributed by atoms with Crippen molar-refractivity contribution in [3.05, 3.63) is 188 Å². The molecule has 0 fully saturated rings. The van der Waals surface area contributed by atoms with Crippen molar-refractivity contribution in [3.63, 3.8) is 0 Å². The van der Waals surface area contributed by atoms with E-state index in [-0.39, 0.29) is 0 Å². The lowest BCUT2D eigenvalue weighted by Crippen LogP contribution is -2.00. The Morgan fingerprint density at radius 1 is 0.273 bits per heavy atom. The molecule has 0 aliphatic carbocycles. The van der Waals surface area contributed by atoms with Crippen LogP contribution in [-0.4, -0.2) is 15.0 Å². The van der Waals surface area contributed by atoms with Gasteiger partial charge >= 0.3 is 0 Å². The molecule has 55 heavy (non-hydrogen) atoms. The number of furan rings is 1. The highest BCUT2D eigenvalue weighted by atomic mass is 16.3. The summed E-state index contributed by atoms with van der Waals surface area (Å²) in [5.41, 5.74) is 9.19. The van der Waals surface area contributed by atoms with Crippen LogP contribution in [0.5, 0.6) is 0 Å². The molecule has 11 aromatic rings. The van der Waals surface area contributed by atoms with Crippen molar-refractivity contribution in [3.8, 4) is 56.4 Å². The van der Waals surface area contributed by atoms with E-state index in [0.717, 1.165) is 60.9 Å². The minimum atomic E-state index is 0.614. The van der Waals surface area contributed by atoms with Gasteiger partial charge in [-0.3, -0.25) is 0 Å². The van der Waals surface area contributed by atoms with E-state index < -0.39 is 0 Å². The minimum Gasteiger partial charge on any atom is -0.545 e. The summed E-state index contributed by atoms with van der Waals surface area (Å²) in [6.07, 6.45) is 0. The van der Waals surface area contributed by atoms with Gasteiger partial charge in [0.25, 0.3) is 11.2 Å². The predicted molar refractivity (Wildman–Crippen MR) is 228 cm³/mol. The van der Waals surface area contributed by atoms with E-state index in [2.05, 4.69) is 146 Å². The summed E-state index contributed by atoms with van der Waals surface area (Å²) in [6, 6.07) is 66.1. The van der Waals surface area contributed by atoms with E-state index in [0.29, 0.717) is 17.5 Å². The van der Waals surface area contributed by atoms with Crippen LogP contribution in [0.25, 0.3) is 111 Å². The van der Waals surface area contributed by atoms with Crippen LogP contribution in [0.15, 0.2) is 192 Å². The Morgan fingerprint density at radius 3 is 1.47 bits per heavy atom. The van der Waals surface area contributed by atoms with Crippen LogP contribution < -0.4 is 0 Å². The van der Waals surface area contributed by atoms with Crippen LogP contribution in [0.1, 0.15) is 0 Å². The number of hydrogen-bond acceptors (Lipinski definition) is 3. The van der Waals surface area contributed by atoms with Crippen LogP contribution in [0, 0.1) is 0 Å². The van der Waals surface area contributed by atoms with Crippen LogP contribution in [0.4, 0.5) is 0 Å². The van der Waals surface area contributed by atoms with Crippen molar-refractivity contribution in [2.45, 2.75) is 0 Å². The molecule has 0 spiro atoms. The summed E-state index contributed by atoms with van der Waals surface area (Å²) >= 11 is 0. The predicted octanol–water partition coefficient (Wildman–Crippen LogP) is 13.7. The average Bonchev–Trinajstić information content (AvgIpc) is 3.65. The van der Waals surface area contributed by atoms with Crippen LogP contribution in [0.2, 0.25) is 0 Å². The Morgan fingerprint density at radius 2 is 0.764 bits per heavy atom. The number of benzene rings is 9. The summed E-state index contributed by atoms with van der Waals surface area (Å²) in [7, 11) is 0. The van der Waals surface area contributed by atoms with Crippen molar-refractivity contribution < 1.29 is 4.42 Å². The topological polar surface area (TPSA) is 51.5 Å². The van der Waals surface area contributed by atoms with Gasteiger partial charge in [-0.25, -0.2) is 15.0 Å². The molecule has 0 unspecified atom stereocenters. The first kappa shape index (κ1) is 31.1. The summed E-state index contributed by atoms with van der Waals surface area (Å²) in [4.78, 5) is 15.4. The quantitative estimate of drug-likeness (QED) is 0.132. The van der Waals surface area contributed by atoms with Crippen molar-refractivity contribution in [1.82, 2.24) is 15.0 Å². The number of fused-ring (bicyclic) bond motifs is 9. The molecule has 0 saturated carbocycles. The molecule has 11 rings (SSSR count). The largest absolute Gasteiger partial charge is 0.545 e. The maximum atomic E-state index is 5.19. The molecule has 0 bridgehead atoms. The maximum Gasteiger partial charge on any atom is 0.269 e. The SMILES string of the molecule is c1ccc(-c2cccc(-c3nc(-c4ccccc4)nc(-c4cccc5[oH+]c6ccc(-c7ccc8c9ccccc9c9ccccc9c8c7)cc6c45)n3)c2)cc1. The normalized spacial score (nSPS) is 11.6.